The molecular weight excluding hydrogens is 164 g/mol. The number of rotatable bonds is 1. The molecule has 1 rings (SSSR count). The number of aliphatic hydroxyl groups excluding tert-OH is 4. The first-order valence-electron chi connectivity index (χ1n) is 3.95. The molecule has 0 spiro atoms. The van der Waals surface area contributed by atoms with Gasteiger partial charge in [0.1, 0.15) is 18.3 Å². The Hall–Kier alpha value is -0.200. The van der Waals surface area contributed by atoms with Gasteiger partial charge in [-0.25, -0.2) is 0 Å². The van der Waals surface area contributed by atoms with Crippen molar-refractivity contribution in [3.8, 4) is 0 Å². The van der Waals surface area contributed by atoms with Crippen molar-refractivity contribution in [1.29, 1.82) is 0 Å². The van der Waals surface area contributed by atoms with Crippen LogP contribution in [0.3, 0.4) is 0 Å². The second kappa shape index (κ2) is 3.68. The Morgan fingerprint density at radius 3 is 2.08 bits per heavy atom. The number of aliphatic hydroxyl groups is 4. The van der Waals surface area contributed by atoms with Crippen LogP contribution in [0.15, 0.2) is 0 Å². The zero-order valence-electron chi connectivity index (χ0n) is 6.79. The van der Waals surface area contributed by atoms with Crippen molar-refractivity contribution < 1.29 is 25.2 Å². The Labute approximate surface area is 70.2 Å². The molecular formula is C7H14O5. The van der Waals surface area contributed by atoms with E-state index < -0.39 is 30.7 Å². The van der Waals surface area contributed by atoms with Crippen LogP contribution >= 0.6 is 0 Å². The fraction of sp³-hybridized carbons (Fsp3) is 1.00. The van der Waals surface area contributed by atoms with Gasteiger partial charge in [-0.1, -0.05) is 6.92 Å². The summed E-state index contributed by atoms with van der Waals surface area (Å²) in [6.07, 6.45) is -5.44. The van der Waals surface area contributed by atoms with Crippen molar-refractivity contribution in [2.75, 3.05) is 0 Å². The third-order valence-corrected chi connectivity index (χ3v) is 2.09. The summed E-state index contributed by atoms with van der Waals surface area (Å²) in [7, 11) is 0. The van der Waals surface area contributed by atoms with Gasteiger partial charge in [-0.15, -0.1) is 0 Å². The molecule has 12 heavy (non-hydrogen) atoms. The molecule has 1 saturated heterocycles. The van der Waals surface area contributed by atoms with E-state index in [9.17, 15) is 10.2 Å². The lowest BCUT2D eigenvalue weighted by atomic mass is 9.97. The topological polar surface area (TPSA) is 90.2 Å². The molecule has 0 bridgehead atoms. The van der Waals surface area contributed by atoms with Crippen molar-refractivity contribution in [2.24, 2.45) is 0 Å². The maximum atomic E-state index is 9.28. The molecule has 1 aliphatic rings. The predicted octanol–water partition coefficient (Wildman–Crippen LogP) is -1.80. The van der Waals surface area contributed by atoms with Crippen LogP contribution < -0.4 is 0 Å². The van der Waals surface area contributed by atoms with Crippen molar-refractivity contribution in [2.45, 2.75) is 44.1 Å². The van der Waals surface area contributed by atoms with Crippen LogP contribution in [-0.4, -0.2) is 51.1 Å². The van der Waals surface area contributed by atoms with E-state index in [0.717, 1.165) is 0 Å². The second-order valence-corrected chi connectivity index (χ2v) is 2.95. The van der Waals surface area contributed by atoms with Crippen LogP contribution in [0.1, 0.15) is 13.3 Å². The summed E-state index contributed by atoms with van der Waals surface area (Å²) in [6, 6.07) is 0. The maximum Gasteiger partial charge on any atom is 0.183 e. The summed E-state index contributed by atoms with van der Waals surface area (Å²) in [5, 5.41) is 36.5. The van der Waals surface area contributed by atoms with E-state index in [0.29, 0.717) is 6.42 Å². The van der Waals surface area contributed by atoms with E-state index in [2.05, 4.69) is 0 Å². The maximum absolute atomic E-state index is 9.28. The van der Waals surface area contributed by atoms with Crippen LogP contribution in [0.4, 0.5) is 0 Å². The largest absolute Gasteiger partial charge is 0.388 e. The monoisotopic (exact) mass is 178 g/mol. The van der Waals surface area contributed by atoms with Crippen molar-refractivity contribution >= 4 is 0 Å². The minimum absolute atomic E-state index is 0.474. The standard InChI is InChI=1S/C7H14O5/c1-2-3-4(8)5(9)6(10)7(11)12-3/h3-11H,2H2,1H3/t3?,4-,5+,6-,7-/m1/s1. The van der Waals surface area contributed by atoms with Gasteiger partial charge in [0, 0.05) is 0 Å². The Kier molecular flexibility index (Phi) is 3.03. The van der Waals surface area contributed by atoms with Gasteiger partial charge >= 0.3 is 0 Å². The van der Waals surface area contributed by atoms with Crippen LogP contribution in [0.5, 0.6) is 0 Å². The minimum atomic E-state index is -1.43. The molecule has 0 amide bonds. The third-order valence-electron chi connectivity index (χ3n) is 2.09. The van der Waals surface area contributed by atoms with Crippen LogP contribution in [0.25, 0.3) is 0 Å². The smallest absolute Gasteiger partial charge is 0.183 e. The molecule has 1 heterocycles. The SMILES string of the molecule is CCC1O[C@@H](O)[C@H](O)[C@@H](O)[C@@H]1O. The van der Waals surface area contributed by atoms with Gasteiger partial charge < -0.3 is 25.2 Å². The minimum Gasteiger partial charge on any atom is -0.388 e. The molecule has 0 radical (unpaired) electrons. The summed E-state index contributed by atoms with van der Waals surface area (Å²) in [5.41, 5.74) is 0. The summed E-state index contributed by atoms with van der Waals surface area (Å²) >= 11 is 0. The molecule has 1 unspecified atom stereocenters. The molecule has 0 aromatic heterocycles. The highest BCUT2D eigenvalue weighted by molar-refractivity contribution is 4.87. The molecule has 72 valence electrons. The summed E-state index contributed by atoms with van der Waals surface area (Å²) in [6.45, 7) is 1.75. The zero-order chi connectivity index (χ0) is 9.30. The first-order chi connectivity index (χ1) is 5.57. The van der Waals surface area contributed by atoms with Crippen LogP contribution in [0.2, 0.25) is 0 Å². The number of ether oxygens (including phenoxy) is 1. The van der Waals surface area contributed by atoms with Crippen LogP contribution in [-0.2, 0) is 4.74 Å². The van der Waals surface area contributed by atoms with Crippen molar-refractivity contribution in [1.82, 2.24) is 0 Å². The molecule has 0 aromatic rings. The number of hydrogen-bond donors (Lipinski definition) is 4. The molecule has 5 heteroatoms. The van der Waals surface area contributed by atoms with Gasteiger partial charge in [0.15, 0.2) is 6.29 Å². The second-order valence-electron chi connectivity index (χ2n) is 2.95. The van der Waals surface area contributed by atoms with Gasteiger partial charge in [-0.2, -0.15) is 0 Å². The summed E-state index contributed by atoms with van der Waals surface area (Å²) in [4.78, 5) is 0. The van der Waals surface area contributed by atoms with E-state index in [4.69, 9.17) is 14.9 Å². The fourth-order valence-corrected chi connectivity index (χ4v) is 1.27. The van der Waals surface area contributed by atoms with E-state index >= 15 is 0 Å². The lowest BCUT2D eigenvalue weighted by Crippen LogP contribution is -2.57. The highest BCUT2D eigenvalue weighted by Gasteiger charge is 2.41. The Morgan fingerprint density at radius 2 is 1.58 bits per heavy atom. The third kappa shape index (κ3) is 1.60. The number of hydrogen-bond acceptors (Lipinski definition) is 5. The lowest BCUT2D eigenvalue weighted by Gasteiger charge is -2.37. The first-order valence-corrected chi connectivity index (χ1v) is 3.95. The van der Waals surface area contributed by atoms with Gasteiger partial charge in [0.2, 0.25) is 0 Å². The van der Waals surface area contributed by atoms with E-state index in [1.165, 1.54) is 0 Å². The van der Waals surface area contributed by atoms with Crippen molar-refractivity contribution in [3.05, 3.63) is 0 Å². The summed E-state index contributed by atoms with van der Waals surface area (Å²) in [5.74, 6) is 0. The fourth-order valence-electron chi connectivity index (χ4n) is 1.27. The van der Waals surface area contributed by atoms with Gasteiger partial charge in [0.25, 0.3) is 0 Å². The molecule has 5 nitrogen and oxygen atoms in total. The van der Waals surface area contributed by atoms with E-state index in [-0.39, 0.29) is 0 Å². The van der Waals surface area contributed by atoms with Gasteiger partial charge in [0.05, 0.1) is 6.10 Å². The van der Waals surface area contributed by atoms with E-state index in [1.807, 2.05) is 0 Å². The predicted molar refractivity (Wildman–Crippen MR) is 39.2 cm³/mol. The highest BCUT2D eigenvalue weighted by Crippen LogP contribution is 2.21. The van der Waals surface area contributed by atoms with Gasteiger partial charge in [-0.05, 0) is 6.42 Å². The highest BCUT2D eigenvalue weighted by atomic mass is 16.6. The van der Waals surface area contributed by atoms with Gasteiger partial charge in [-0.3, -0.25) is 0 Å². The Balaban J connectivity index is 2.63. The molecule has 1 aliphatic heterocycles. The first kappa shape index (κ1) is 9.88. The van der Waals surface area contributed by atoms with E-state index in [1.54, 1.807) is 6.92 Å². The normalized spacial score (nSPS) is 49.2. The molecule has 0 aromatic carbocycles. The molecule has 5 atom stereocenters. The zero-order valence-corrected chi connectivity index (χ0v) is 6.79. The van der Waals surface area contributed by atoms with Crippen LogP contribution in [0, 0.1) is 0 Å². The molecule has 0 aliphatic carbocycles. The Bertz CT molecular complexity index is 146. The molecule has 1 fully saturated rings. The summed E-state index contributed by atoms with van der Waals surface area (Å²) < 4.78 is 4.83. The Morgan fingerprint density at radius 1 is 1.00 bits per heavy atom. The molecule has 0 saturated carbocycles. The lowest BCUT2D eigenvalue weighted by molar-refractivity contribution is -0.281. The van der Waals surface area contributed by atoms with Crippen molar-refractivity contribution in [3.63, 3.8) is 0 Å². The molecule has 4 N–H and O–H groups in total. The average Bonchev–Trinajstić information content (AvgIpc) is 2.08. The average molecular weight is 178 g/mol. The quantitative estimate of drug-likeness (QED) is 0.380.